The topological polar surface area (TPSA) is 121 Å². The van der Waals surface area contributed by atoms with Crippen molar-refractivity contribution in [3.63, 3.8) is 0 Å². The summed E-state index contributed by atoms with van der Waals surface area (Å²) < 4.78 is 45.4. The SMILES string of the molecule is COc1ccc(-c2noc(-c3cn(Cc4ccc(NS(=O)(=O)c5ccc(OC)cc5)cc4)cn3)n2)cc1. The fourth-order valence-corrected chi connectivity index (χ4v) is 4.66. The number of anilines is 1. The number of benzene rings is 3. The first-order valence-corrected chi connectivity index (χ1v) is 12.7. The van der Waals surface area contributed by atoms with E-state index in [2.05, 4.69) is 19.8 Å². The lowest BCUT2D eigenvalue weighted by atomic mass is 10.2. The van der Waals surface area contributed by atoms with Crippen LogP contribution < -0.4 is 14.2 Å². The minimum absolute atomic E-state index is 0.152. The Morgan fingerprint density at radius 2 is 1.54 bits per heavy atom. The Kier molecular flexibility index (Phi) is 6.60. The largest absolute Gasteiger partial charge is 0.497 e. The fraction of sp³-hybridized carbons (Fsp3) is 0.115. The molecule has 2 heterocycles. The zero-order valence-corrected chi connectivity index (χ0v) is 20.8. The van der Waals surface area contributed by atoms with Crippen LogP contribution in [0.4, 0.5) is 5.69 Å². The van der Waals surface area contributed by atoms with Crippen molar-refractivity contribution in [1.82, 2.24) is 19.7 Å². The lowest BCUT2D eigenvalue weighted by Crippen LogP contribution is -2.12. The summed E-state index contributed by atoms with van der Waals surface area (Å²) in [6.45, 7) is 0.526. The van der Waals surface area contributed by atoms with Crippen LogP contribution in [0.2, 0.25) is 0 Å². The van der Waals surface area contributed by atoms with Gasteiger partial charge in [0.15, 0.2) is 0 Å². The van der Waals surface area contributed by atoms with Crippen LogP contribution in [0.3, 0.4) is 0 Å². The third-order valence-corrected chi connectivity index (χ3v) is 6.96. The van der Waals surface area contributed by atoms with Gasteiger partial charge >= 0.3 is 0 Å². The maximum Gasteiger partial charge on any atom is 0.278 e. The first kappa shape index (κ1) is 24.1. The Morgan fingerprint density at radius 3 is 2.19 bits per heavy atom. The molecule has 188 valence electrons. The smallest absolute Gasteiger partial charge is 0.278 e. The predicted molar refractivity (Wildman–Crippen MR) is 137 cm³/mol. The molecule has 0 radical (unpaired) electrons. The van der Waals surface area contributed by atoms with Crippen molar-refractivity contribution in [2.24, 2.45) is 0 Å². The number of aromatic nitrogens is 4. The van der Waals surface area contributed by atoms with E-state index < -0.39 is 10.0 Å². The summed E-state index contributed by atoms with van der Waals surface area (Å²) in [5.74, 6) is 2.10. The van der Waals surface area contributed by atoms with E-state index in [0.717, 1.165) is 16.9 Å². The molecule has 5 rings (SSSR count). The molecule has 0 atom stereocenters. The standard InChI is InChI=1S/C26H23N5O5S/c1-34-21-9-5-19(6-10-21)25-28-26(36-29-25)24-16-31(17-27-24)15-18-3-7-20(8-4-18)30-37(32,33)23-13-11-22(35-2)12-14-23/h3-14,16-17,30H,15H2,1-2H3. The molecule has 0 unspecified atom stereocenters. The average molecular weight is 518 g/mol. The van der Waals surface area contributed by atoms with Crippen molar-refractivity contribution in [3.05, 3.63) is 90.9 Å². The van der Waals surface area contributed by atoms with E-state index in [1.54, 1.807) is 37.7 Å². The van der Waals surface area contributed by atoms with Crippen LogP contribution >= 0.6 is 0 Å². The molecule has 0 saturated heterocycles. The first-order chi connectivity index (χ1) is 17.9. The van der Waals surface area contributed by atoms with Crippen molar-refractivity contribution in [3.8, 4) is 34.5 Å². The van der Waals surface area contributed by atoms with E-state index in [4.69, 9.17) is 14.0 Å². The lowest BCUT2D eigenvalue weighted by molar-refractivity contribution is 0.414. The summed E-state index contributed by atoms with van der Waals surface area (Å²) in [7, 11) is -0.574. The van der Waals surface area contributed by atoms with Crippen molar-refractivity contribution in [1.29, 1.82) is 0 Å². The van der Waals surface area contributed by atoms with Crippen LogP contribution in [-0.4, -0.2) is 42.3 Å². The zero-order chi connectivity index (χ0) is 25.8. The summed E-state index contributed by atoms with van der Waals surface area (Å²) in [6, 6.07) is 20.7. The Bertz CT molecular complexity index is 1590. The van der Waals surface area contributed by atoms with Gasteiger partial charge in [-0.3, -0.25) is 4.72 Å². The van der Waals surface area contributed by atoms with Gasteiger partial charge in [-0.2, -0.15) is 4.98 Å². The molecule has 0 bridgehead atoms. The van der Waals surface area contributed by atoms with Gasteiger partial charge in [-0.25, -0.2) is 13.4 Å². The number of methoxy groups -OCH3 is 2. The maximum absolute atomic E-state index is 12.6. The minimum atomic E-state index is -3.71. The molecule has 1 N–H and O–H groups in total. The van der Waals surface area contributed by atoms with Gasteiger partial charge in [-0.05, 0) is 66.2 Å². The maximum atomic E-state index is 12.6. The summed E-state index contributed by atoms with van der Waals surface area (Å²) in [5.41, 5.74) is 2.78. The second kappa shape index (κ2) is 10.2. The second-order valence-electron chi connectivity index (χ2n) is 8.06. The Balaban J connectivity index is 1.23. The van der Waals surface area contributed by atoms with Gasteiger partial charge in [0.25, 0.3) is 15.9 Å². The molecule has 0 fully saturated rings. The quantitative estimate of drug-likeness (QED) is 0.304. The summed E-state index contributed by atoms with van der Waals surface area (Å²) >= 11 is 0. The Labute approximate surface area is 213 Å². The van der Waals surface area contributed by atoms with Crippen LogP contribution in [0.5, 0.6) is 11.5 Å². The summed E-state index contributed by atoms with van der Waals surface area (Å²) in [4.78, 5) is 8.97. The average Bonchev–Trinajstić information content (AvgIpc) is 3.60. The third-order valence-electron chi connectivity index (χ3n) is 5.57. The molecule has 0 spiro atoms. The number of nitrogens with zero attached hydrogens (tertiary/aromatic N) is 4. The number of ether oxygens (including phenoxy) is 2. The van der Waals surface area contributed by atoms with Gasteiger partial charge in [0.2, 0.25) is 5.82 Å². The highest BCUT2D eigenvalue weighted by Gasteiger charge is 2.15. The van der Waals surface area contributed by atoms with Crippen molar-refractivity contribution in [2.75, 3.05) is 18.9 Å². The number of imidazole rings is 1. The zero-order valence-electron chi connectivity index (χ0n) is 20.0. The third kappa shape index (κ3) is 5.46. The van der Waals surface area contributed by atoms with Crippen molar-refractivity contribution in [2.45, 2.75) is 11.4 Å². The van der Waals surface area contributed by atoms with E-state index in [9.17, 15) is 8.42 Å². The van der Waals surface area contributed by atoms with Crippen molar-refractivity contribution < 1.29 is 22.4 Å². The van der Waals surface area contributed by atoms with E-state index >= 15 is 0 Å². The fourth-order valence-electron chi connectivity index (χ4n) is 3.60. The van der Waals surface area contributed by atoms with Gasteiger partial charge < -0.3 is 18.6 Å². The Hall–Kier alpha value is -4.64. The van der Waals surface area contributed by atoms with Crippen LogP contribution in [0.15, 0.2) is 94.7 Å². The molecular weight excluding hydrogens is 494 g/mol. The van der Waals surface area contributed by atoms with E-state index in [-0.39, 0.29) is 4.90 Å². The lowest BCUT2D eigenvalue weighted by Gasteiger charge is -2.10. The number of hydrogen-bond acceptors (Lipinski definition) is 8. The van der Waals surface area contributed by atoms with E-state index in [1.807, 2.05) is 47.2 Å². The summed E-state index contributed by atoms with van der Waals surface area (Å²) in [5, 5.41) is 4.04. The van der Waals surface area contributed by atoms with E-state index in [0.29, 0.717) is 35.4 Å². The van der Waals surface area contributed by atoms with Crippen LogP contribution in [0.25, 0.3) is 23.0 Å². The molecular formula is C26H23N5O5S. The van der Waals surface area contributed by atoms with Crippen molar-refractivity contribution >= 4 is 15.7 Å². The predicted octanol–water partition coefficient (Wildman–Crippen LogP) is 4.47. The number of nitrogens with one attached hydrogen (secondary N) is 1. The van der Waals surface area contributed by atoms with Gasteiger partial charge in [-0.15, -0.1) is 0 Å². The molecule has 11 heteroatoms. The summed E-state index contributed by atoms with van der Waals surface area (Å²) in [6.07, 6.45) is 3.48. The molecule has 37 heavy (non-hydrogen) atoms. The van der Waals surface area contributed by atoms with Crippen LogP contribution in [0.1, 0.15) is 5.56 Å². The normalized spacial score (nSPS) is 11.3. The van der Waals surface area contributed by atoms with E-state index in [1.165, 1.54) is 19.2 Å². The number of rotatable bonds is 9. The van der Waals surface area contributed by atoms with Gasteiger partial charge in [0.05, 0.1) is 25.4 Å². The first-order valence-electron chi connectivity index (χ1n) is 11.2. The highest BCUT2D eigenvalue weighted by molar-refractivity contribution is 7.92. The molecule has 5 aromatic rings. The molecule has 0 saturated carbocycles. The molecule has 0 aliphatic rings. The molecule has 2 aromatic heterocycles. The number of hydrogen-bond donors (Lipinski definition) is 1. The second-order valence-corrected chi connectivity index (χ2v) is 9.74. The van der Waals surface area contributed by atoms with Crippen LogP contribution in [0, 0.1) is 0 Å². The van der Waals surface area contributed by atoms with Gasteiger partial charge in [0, 0.05) is 24.0 Å². The van der Waals surface area contributed by atoms with Gasteiger partial charge in [-0.1, -0.05) is 17.3 Å². The highest BCUT2D eigenvalue weighted by Crippen LogP contribution is 2.24. The highest BCUT2D eigenvalue weighted by atomic mass is 32.2. The minimum Gasteiger partial charge on any atom is -0.497 e. The molecule has 0 aliphatic carbocycles. The molecule has 3 aromatic carbocycles. The monoisotopic (exact) mass is 517 g/mol. The molecule has 0 aliphatic heterocycles. The molecule has 0 amide bonds. The molecule has 10 nitrogen and oxygen atoms in total. The van der Waals surface area contributed by atoms with Crippen LogP contribution in [-0.2, 0) is 16.6 Å². The van der Waals surface area contributed by atoms with Gasteiger partial charge in [0.1, 0.15) is 17.2 Å². The number of sulfonamides is 1. The Morgan fingerprint density at radius 1 is 0.892 bits per heavy atom.